The quantitative estimate of drug-likeness (QED) is 0.156. The molecule has 2 aliphatic rings. The van der Waals surface area contributed by atoms with E-state index in [2.05, 4.69) is 218 Å². The first-order chi connectivity index (χ1) is 28.6. The van der Waals surface area contributed by atoms with E-state index in [4.69, 9.17) is 0 Å². The van der Waals surface area contributed by atoms with Crippen LogP contribution in [0.1, 0.15) is 44.5 Å². The summed E-state index contributed by atoms with van der Waals surface area (Å²) < 4.78 is 0. The van der Waals surface area contributed by atoms with E-state index in [9.17, 15) is 0 Å². The molecule has 0 bridgehead atoms. The van der Waals surface area contributed by atoms with Crippen molar-refractivity contribution in [2.45, 2.75) is 39.5 Å². The van der Waals surface area contributed by atoms with Crippen LogP contribution in [0.25, 0.3) is 34.4 Å². The average molecular weight is 747 g/mol. The van der Waals surface area contributed by atoms with E-state index >= 15 is 0 Å². The maximum Gasteiger partial charge on any atom is 0.0493 e. The maximum absolute atomic E-state index is 2.43. The number of anilines is 6. The minimum atomic E-state index is 1.05. The van der Waals surface area contributed by atoms with E-state index in [1.165, 1.54) is 101 Å². The molecule has 0 saturated carbocycles. The van der Waals surface area contributed by atoms with Crippen LogP contribution in [0.3, 0.4) is 0 Å². The number of benzene rings is 8. The molecular formula is C56H46N2. The average Bonchev–Trinajstić information content (AvgIpc) is 3.55. The Bertz CT molecular complexity index is 2520. The third-order valence-corrected chi connectivity index (χ3v) is 12.2. The van der Waals surface area contributed by atoms with E-state index < -0.39 is 0 Å². The van der Waals surface area contributed by atoms with Crippen molar-refractivity contribution in [3.05, 3.63) is 226 Å². The normalized spacial score (nSPS) is 13.3. The van der Waals surface area contributed by atoms with Gasteiger partial charge in [0.25, 0.3) is 0 Å². The van der Waals surface area contributed by atoms with Gasteiger partial charge in [-0.05, 0) is 155 Å². The van der Waals surface area contributed by atoms with Crippen LogP contribution in [0.4, 0.5) is 34.1 Å². The van der Waals surface area contributed by atoms with Gasteiger partial charge >= 0.3 is 0 Å². The van der Waals surface area contributed by atoms with Gasteiger partial charge in [0.2, 0.25) is 0 Å². The van der Waals surface area contributed by atoms with Gasteiger partial charge in [0, 0.05) is 34.1 Å². The molecule has 2 aliphatic heterocycles. The lowest BCUT2D eigenvalue weighted by molar-refractivity contribution is 0.977. The number of nitrogens with zero attached hydrogens (tertiary/aromatic N) is 2. The van der Waals surface area contributed by atoms with E-state index in [1.807, 2.05) is 0 Å². The van der Waals surface area contributed by atoms with Crippen LogP contribution in [0.15, 0.2) is 182 Å². The lowest BCUT2D eigenvalue weighted by Gasteiger charge is -2.27. The molecule has 8 aromatic rings. The number of rotatable bonds is 6. The van der Waals surface area contributed by atoms with Crippen LogP contribution in [0, 0.1) is 13.8 Å². The summed E-state index contributed by atoms with van der Waals surface area (Å²) in [5.41, 5.74) is 22.9. The minimum Gasteiger partial charge on any atom is -0.310 e. The molecule has 280 valence electrons. The highest BCUT2D eigenvalue weighted by Crippen LogP contribution is 2.44. The molecular weight excluding hydrogens is 701 g/mol. The van der Waals surface area contributed by atoms with Crippen molar-refractivity contribution in [3.8, 4) is 22.3 Å². The van der Waals surface area contributed by atoms with E-state index in [0.29, 0.717) is 0 Å². The first-order valence-electron chi connectivity index (χ1n) is 20.6. The summed E-state index contributed by atoms with van der Waals surface area (Å²) >= 11 is 0. The van der Waals surface area contributed by atoms with Gasteiger partial charge in [-0.25, -0.2) is 0 Å². The zero-order valence-corrected chi connectivity index (χ0v) is 33.2. The topological polar surface area (TPSA) is 6.48 Å². The van der Waals surface area contributed by atoms with Gasteiger partial charge in [-0.2, -0.15) is 0 Å². The Hall–Kier alpha value is -6.90. The Morgan fingerprint density at radius 3 is 0.931 bits per heavy atom. The molecule has 0 spiro atoms. The monoisotopic (exact) mass is 746 g/mol. The van der Waals surface area contributed by atoms with Gasteiger partial charge in [-0.3, -0.25) is 0 Å². The van der Waals surface area contributed by atoms with Crippen molar-refractivity contribution in [1.29, 1.82) is 0 Å². The fourth-order valence-corrected chi connectivity index (χ4v) is 8.99. The van der Waals surface area contributed by atoms with E-state index in [1.54, 1.807) is 0 Å². The fourth-order valence-electron chi connectivity index (χ4n) is 8.99. The van der Waals surface area contributed by atoms with Gasteiger partial charge in [0.15, 0.2) is 0 Å². The molecule has 2 heterocycles. The second-order valence-corrected chi connectivity index (χ2v) is 15.8. The van der Waals surface area contributed by atoms with Crippen molar-refractivity contribution >= 4 is 46.3 Å². The number of hydrogen-bond donors (Lipinski definition) is 0. The van der Waals surface area contributed by atoms with Crippen LogP contribution >= 0.6 is 0 Å². The van der Waals surface area contributed by atoms with Crippen LogP contribution in [-0.4, -0.2) is 0 Å². The summed E-state index contributed by atoms with van der Waals surface area (Å²) in [6.45, 7) is 4.43. The molecule has 2 heteroatoms. The molecule has 0 amide bonds. The third-order valence-electron chi connectivity index (χ3n) is 12.2. The predicted molar refractivity (Wildman–Crippen MR) is 246 cm³/mol. The number of aryl methyl sites for hydroxylation is 6. The van der Waals surface area contributed by atoms with Crippen LogP contribution in [0.2, 0.25) is 0 Å². The van der Waals surface area contributed by atoms with Crippen molar-refractivity contribution in [2.75, 3.05) is 9.80 Å². The SMILES string of the molecule is Cc1cc(-c2ccc(N3c4ccccc4CCc4ccccc43)cc2)ccc1/C=C/c1ccc(-c2ccc(N3c4ccccc4CCc4ccccc43)cc2)cc1C. The third kappa shape index (κ3) is 6.71. The van der Waals surface area contributed by atoms with Crippen LogP contribution in [0.5, 0.6) is 0 Å². The summed E-state index contributed by atoms with van der Waals surface area (Å²) in [5.74, 6) is 0. The Balaban J connectivity index is 0.862. The van der Waals surface area contributed by atoms with E-state index in [-0.39, 0.29) is 0 Å². The highest BCUT2D eigenvalue weighted by molar-refractivity contribution is 5.85. The standard InChI is InChI=1S/C56H46N2/c1-39-37-49(43-29-33-51(34-30-43)57-53-15-7-3-11-45(53)23-24-46-12-4-8-16-54(46)57)27-21-41(39)19-20-42-22-28-50(38-40(42)2)44-31-35-52(36-32-44)58-55-17-9-5-13-47(55)25-26-48-14-6-10-18-56(48)58/h3-22,27-38H,23-26H2,1-2H3/b20-19+. The fraction of sp³-hybridized carbons (Fsp3) is 0.107. The summed E-state index contributed by atoms with van der Waals surface area (Å²) in [6, 6.07) is 67.1. The van der Waals surface area contributed by atoms with Gasteiger partial charge in [-0.1, -0.05) is 146 Å². The molecule has 58 heavy (non-hydrogen) atoms. The Morgan fingerprint density at radius 2 is 0.621 bits per heavy atom. The van der Waals surface area contributed by atoms with Crippen molar-refractivity contribution in [1.82, 2.24) is 0 Å². The Kier molecular flexibility index (Phi) is 9.31. The van der Waals surface area contributed by atoms with Gasteiger partial charge in [0.05, 0.1) is 0 Å². The molecule has 0 aromatic heterocycles. The number of fused-ring (bicyclic) bond motifs is 4. The zero-order valence-electron chi connectivity index (χ0n) is 33.2. The summed E-state index contributed by atoms with van der Waals surface area (Å²) in [7, 11) is 0. The van der Waals surface area contributed by atoms with Crippen molar-refractivity contribution in [3.63, 3.8) is 0 Å². The van der Waals surface area contributed by atoms with Crippen molar-refractivity contribution in [2.24, 2.45) is 0 Å². The van der Waals surface area contributed by atoms with Crippen LogP contribution < -0.4 is 9.80 Å². The maximum atomic E-state index is 2.43. The second kappa shape index (κ2) is 15.2. The summed E-state index contributed by atoms with van der Waals surface area (Å²) in [5, 5.41) is 0. The summed E-state index contributed by atoms with van der Waals surface area (Å²) in [6.07, 6.45) is 8.70. The molecule has 0 aliphatic carbocycles. The van der Waals surface area contributed by atoms with Crippen molar-refractivity contribution < 1.29 is 0 Å². The Labute approximate surface area is 343 Å². The molecule has 2 nitrogen and oxygen atoms in total. The van der Waals surface area contributed by atoms with Gasteiger partial charge < -0.3 is 9.80 Å². The predicted octanol–water partition coefficient (Wildman–Crippen LogP) is 14.9. The molecule has 8 aromatic carbocycles. The first-order valence-corrected chi connectivity index (χ1v) is 20.6. The minimum absolute atomic E-state index is 1.05. The lowest BCUT2D eigenvalue weighted by atomic mass is 9.97. The first kappa shape index (κ1) is 35.5. The number of hydrogen-bond acceptors (Lipinski definition) is 2. The number of para-hydroxylation sites is 4. The molecule has 0 fully saturated rings. The largest absolute Gasteiger partial charge is 0.310 e. The highest BCUT2D eigenvalue weighted by atomic mass is 15.2. The molecule has 0 radical (unpaired) electrons. The molecule has 0 unspecified atom stereocenters. The highest BCUT2D eigenvalue weighted by Gasteiger charge is 2.23. The molecule has 0 saturated heterocycles. The second-order valence-electron chi connectivity index (χ2n) is 15.8. The lowest BCUT2D eigenvalue weighted by Crippen LogP contribution is -2.11. The van der Waals surface area contributed by atoms with Gasteiger partial charge in [-0.15, -0.1) is 0 Å². The molecule has 10 rings (SSSR count). The molecule has 0 atom stereocenters. The van der Waals surface area contributed by atoms with E-state index in [0.717, 1.165) is 25.7 Å². The summed E-state index contributed by atoms with van der Waals surface area (Å²) in [4.78, 5) is 4.86. The van der Waals surface area contributed by atoms with Gasteiger partial charge in [0.1, 0.15) is 0 Å². The zero-order chi connectivity index (χ0) is 39.0. The molecule has 0 N–H and O–H groups in total. The smallest absolute Gasteiger partial charge is 0.0493 e. The van der Waals surface area contributed by atoms with Crippen LogP contribution in [-0.2, 0) is 25.7 Å². The Morgan fingerprint density at radius 1 is 0.328 bits per heavy atom.